The zero-order chi connectivity index (χ0) is 18.9. The zero-order valence-electron chi connectivity index (χ0n) is 16.7. The van der Waals surface area contributed by atoms with Gasteiger partial charge in [-0.3, -0.25) is 14.4 Å². The molecule has 1 amide bonds. The Bertz CT molecular complexity index is 657. The third-order valence-electron chi connectivity index (χ3n) is 6.51. The van der Waals surface area contributed by atoms with Crippen LogP contribution < -0.4 is 5.32 Å². The van der Waals surface area contributed by atoms with Crippen LogP contribution in [0.5, 0.6) is 0 Å². The Balaban J connectivity index is 1.45. The SMILES string of the molecule is CN(Cc1cnn(C)c1)C(=O)[C@@]12CCCCN1C[C@@H](NC1CCOCC1)C2. The number of ether oxygens (including phenoxy) is 1. The molecular weight excluding hydrogens is 342 g/mol. The molecule has 3 aliphatic heterocycles. The number of fused-ring (bicyclic) bond motifs is 1. The molecule has 3 fully saturated rings. The van der Waals surface area contributed by atoms with Crippen molar-refractivity contribution < 1.29 is 9.53 Å². The van der Waals surface area contributed by atoms with E-state index >= 15 is 0 Å². The number of nitrogens with zero attached hydrogens (tertiary/aromatic N) is 4. The lowest BCUT2D eigenvalue weighted by Crippen LogP contribution is -2.57. The molecule has 1 N–H and O–H groups in total. The maximum Gasteiger partial charge on any atom is 0.243 e. The molecule has 150 valence electrons. The Morgan fingerprint density at radius 1 is 1.37 bits per heavy atom. The molecule has 1 aromatic rings. The van der Waals surface area contributed by atoms with Crippen molar-refractivity contribution in [3.8, 4) is 0 Å². The maximum atomic E-state index is 13.6. The molecule has 2 atom stereocenters. The average Bonchev–Trinajstić information content (AvgIpc) is 3.25. The van der Waals surface area contributed by atoms with Crippen LogP contribution >= 0.6 is 0 Å². The summed E-state index contributed by atoms with van der Waals surface area (Å²) in [4.78, 5) is 17.9. The van der Waals surface area contributed by atoms with E-state index in [4.69, 9.17) is 4.74 Å². The van der Waals surface area contributed by atoms with Crippen LogP contribution in [0.1, 0.15) is 44.1 Å². The van der Waals surface area contributed by atoms with Crippen LogP contribution in [-0.2, 0) is 23.1 Å². The second-order valence-electron chi connectivity index (χ2n) is 8.57. The van der Waals surface area contributed by atoms with Gasteiger partial charge in [0.25, 0.3) is 0 Å². The van der Waals surface area contributed by atoms with Crippen LogP contribution in [0.2, 0.25) is 0 Å². The molecule has 0 aromatic carbocycles. The Hall–Kier alpha value is -1.44. The van der Waals surface area contributed by atoms with E-state index in [1.807, 2.05) is 31.4 Å². The summed E-state index contributed by atoms with van der Waals surface area (Å²) in [7, 11) is 3.85. The summed E-state index contributed by atoms with van der Waals surface area (Å²) in [5.41, 5.74) is 0.764. The smallest absolute Gasteiger partial charge is 0.243 e. The van der Waals surface area contributed by atoms with Gasteiger partial charge in [-0.2, -0.15) is 5.10 Å². The number of hydrogen-bond donors (Lipinski definition) is 1. The van der Waals surface area contributed by atoms with Gasteiger partial charge in [-0.25, -0.2) is 0 Å². The molecule has 4 rings (SSSR count). The molecule has 4 heterocycles. The number of aryl methyl sites for hydroxylation is 1. The summed E-state index contributed by atoms with van der Waals surface area (Å²) in [6.45, 7) is 4.36. The monoisotopic (exact) mass is 375 g/mol. The van der Waals surface area contributed by atoms with Crippen LogP contribution in [0.15, 0.2) is 12.4 Å². The minimum absolute atomic E-state index is 0.280. The Morgan fingerprint density at radius 2 is 2.19 bits per heavy atom. The second kappa shape index (κ2) is 7.89. The van der Waals surface area contributed by atoms with E-state index in [0.717, 1.165) is 64.0 Å². The maximum absolute atomic E-state index is 13.6. The highest BCUT2D eigenvalue weighted by molar-refractivity contribution is 5.87. The molecule has 0 saturated carbocycles. The molecule has 0 unspecified atom stereocenters. The van der Waals surface area contributed by atoms with Crippen molar-refractivity contribution in [1.82, 2.24) is 24.9 Å². The number of amides is 1. The van der Waals surface area contributed by atoms with E-state index in [0.29, 0.717) is 18.6 Å². The molecule has 0 radical (unpaired) electrons. The van der Waals surface area contributed by atoms with Crippen molar-refractivity contribution in [2.75, 3.05) is 33.4 Å². The number of likely N-dealkylation sites (N-methyl/N-ethyl adjacent to an activating group) is 1. The predicted octanol–water partition coefficient (Wildman–Crippen LogP) is 1.14. The van der Waals surface area contributed by atoms with Crippen LogP contribution in [0.3, 0.4) is 0 Å². The van der Waals surface area contributed by atoms with Gasteiger partial charge in [0.1, 0.15) is 5.54 Å². The summed E-state index contributed by atoms with van der Waals surface area (Å²) < 4.78 is 7.28. The first-order valence-electron chi connectivity index (χ1n) is 10.4. The molecule has 0 bridgehead atoms. The minimum atomic E-state index is -0.321. The van der Waals surface area contributed by atoms with E-state index in [1.165, 1.54) is 6.42 Å². The molecule has 3 aliphatic rings. The van der Waals surface area contributed by atoms with Gasteiger partial charge in [0, 0.05) is 64.2 Å². The van der Waals surface area contributed by atoms with E-state index in [9.17, 15) is 4.79 Å². The quantitative estimate of drug-likeness (QED) is 0.836. The van der Waals surface area contributed by atoms with E-state index in [2.05, 4.69) is 15.3 Å². The summed E-state index contributed by atoms with van der Waals surface area (Å²) in [6, 6.07) is 0.937. The number of piperidine rings is 1. The lowest BCUT2D eigenvalue weighted by molar-refractivity contribution is -0.144. The first kappa shape index (κ1) is 18.9. The van der Waals surface area contributed by atoms with Crippen molar-refractivity contribution in [3.63, 3.8) is 0 Å². The number of rotatable bonds is 5. The van der Waals surface area contributed by atoms with Gasteiger partial charge in [-0.05, 0) is 45.1 Å². The minimum Gasteiger partial charge on any atom is -0.381 e. The zero-order valence-corrected chi connectivity index (χ0v) is 16.7. The normalized spacial score (nSPS) is 29.6. The molecule has 7 nitrogen and oxygen atoms in total. The Kier molecular flexibility index (Phi) is 5.53. The molecule has 27 heavy (non-hydrogen) atoms. The van der Waals surface area contributed by atoms with Crippen LogP contribution in [0, 0.1) is 0 Å². The van der Waals surface area contributed by atoms with Crippen molar-refractivity contribution in [1.29, 1.82) is 0 Å². The fraction of sp³-hybridized carbons (Fsp3) is 0.800. The molecular formula is C20H33N5O2. The third kappa shape index (κ3) is 3.91. The first-order valence-corrected chi connectivity index (χ1v) is 10.4. The van der Waals surface area contributed by atoms with Crippen LogP contribution in [0.4, 0.5) is 0 Å². The van der Waals surface area contributed by atoms with E-state index in [-0.39, 0.29) is 11.4 Å². The lowest BCUT2D eigenvalue weighted by atomic mass is 9.84. The van der Waals surface area contributed by atoms with Gasteiger partial charge < -0.3 is 15.0 Å². The topological polar surface area (TPSA) is 62.6 Å². The first-order chi connectivity index (χ1) is 13.1. The number of hydrogen-bond acceptors (Lipinski definition) is 5. The van der Waals surface area contributed by atoms with E-state index < -0.39 is 0 Å². The highest BCUT2D eigenvalue weighted by Crippen LogP contribution is 2.39. The number of carbonyl (C=O) groups excluding carboxylic acids is 1. The molecule has 3 saturated heterocycles. The Morgan fingerprint density at radius 3 is 2.93 bits per heavy atom. The molecule has 7 heteroatoms. The number of aromatic nitrogens is 2. The van der Waals surface area contributed by atoms with Crippen LogP contribution in [0.25, 0.3) is 0 Å². The fourth-order valence-corrected chi connectivity index (χ4v) is 5.22. The fourth-order valence-electron chi connectivity index (χ4n) is 5.22. The van der Waals surface area contributed by atoms with Crippen molar-refractivity contribution in [2.24, 2.45) is 7.05 Å². The van der Waals surface area contributed by atoms with Crippen molar-refractivity contribution in [2.45, 2.75) is 62.7 Å². The van der Waals surface area contributed by atoms with Crippen molar-refractivity contribution in [3.05, 3.63) is 18.0 Å². The molecule has 0 spiro atoms. The van der Waals surface area contributed by atoms with Gasteiger partial charge in [-0.1, -0.05) is 0 Å². The Labute approximate surface area is 162 Å². The van der Waals surface area contributed by atoms with E-state index in [1.54, 1.807) is 4.68 Å². The van der Waals surface area contributed by atoms with Gasteiger partial charge in [0.2, 0.25) is 5.91 Å². The molecule has 1 aromatic heterocycles. The highest BCUT2D eigenvalue weighted by Gasteiger charge is 2.53. The summed E-state index contributed by atoms with van der Waals surface area (Å²) in [5.74, 6) is 0.280. The summed E-state index contributed by atoms with van der Waals surface area (Å²) in [6.07, 6.45) is 10.3. The molecule has 0 aliphatic carbocycles. The van der Waals surface area contributed by atoms with Gasteiger partial charge in [-0.15, -0.1) is 0 Å². The largest absolute Gasteiger partial charge is 0.381 e. The van der Waals surface area contributed by atoms with Crippen LogP contribution in [-0.4, -0.2) is 76.5 Å². The summed E-state index contributed by atoms with van der Waals surface area (Å²) >= 11 is 0. The number of carbonyl (C=O) groups is 1. The number of nitrogens with one attached hydrogen (secondary N) is 1. The summed E-state index contributed by atoms with van der Waals surface area (Å²) in [5, 5.41) is 8.07. The van der Waals surface area contributed by atoms with Gasteiger partial charge in [0.15, 0.2) is 0 Å². The second-order valence-corrected chi connectivity index (χ2v) is 8.57. The van der Waals surface area contributed by atoms with Gasteiger partial charge in [0.05, 0.1) is 6.20 Å². The average molecular weight is 376 g/mol. The van der Waals surface area contributed by atoms with Crippen molar-refractivity contribution >= 4 is 5.91 Å². The standard InChI is InChI=1S/C20H33N5O2/c1-23(13-16-12-21-24(2)14-16)19(26)20-7-3-4-8-25(20)15-18(11-20)22-17-5-9-27-10-6-17/h12,14,17-18,22H,3-11,13,15H2,1-2H3/t18-,20-/m0/s1. The highest BCUT2D eigenvalue weighted by atomic mass is 16.5. The lowest BCUT2D eigenvalue weighted by Gasteiger charge is -2.42. The predicted molar refractivity (Wildman–Crippen MR) is 103 cm³/mol. The van der Waals surface area contributed by atoms with Gasteiger partial charge >= 0.3 is 0 Å². The third-order valence-corrected chi connectivity index (χ3v) is 6.51.